The Bertz CT molecular complexity index is 201. The highest BCUT2D eigenvalue weighted by atomic mass is 16.5. The summed E-state index contributed by atoms with van der Waals surface area (Å²) in [6, 6.07) is 0. The van der Waals surface area contributed by atoms with E-state index in [1.165, 1.54) is 32.1 Å². The molecule has 1 fully saturated rings. The summed E-state index contributed by atoms with van der Waals surface area (Å²) in [7, 11) is 1.71. The standard InChI is InChI=1S/C15H30O2/c1-15(2,3)14(17-4)13(16)11-10-12-8-6-5-7-9-12/h12-14,16H,5-11H2,1-4H3. The molecule has 0 aromatic carbocycles. The van der Waals surface area contributed by atoms with Crippen LogP contribution in [0, 0.1) is 11.3 Å². The first-order chi connectivity index (χ1) is 7.95. The van der Waals surface area contributed by atoms with Crippen LogP contribution in [-0.2, 0) is 4.74 Å². The smallest absolute Gasteiger partial charge is 0.0878 e. The predicted octanol–water partition coefficient (Wildman–Crippen LogP) is 3.77. The summed E-state index contributed by atoms with van der Waals surface area (Å²) < 4.78 is 5.47. The van der Waals surface area contributed by atoms with E-state index in [4.69, 9.17) is 4.74 Å². The summed E-state index contributed by atoms with van der Waals surface area (Å²) in [4.78, 5) is 0. The molecule has 0 radical (unpaired) electrons. The maximum atomic E-state index is 10.3. The molecule has 1 N–H and O–H groups in total. The Morgan fingerprint density at radius 2 is 1.76 bits per heavy atom. The molecular weight excluding hydrogens is 212 g/mol. The van der Waals surface area contributed by atoms with Crippen molar-refractivity contribution in [3.63, 3.8) is 0 Å². The summed E-state index contributed by atoms with van der Waals surface area (Å²) in [6.07, 6.45) is 8.58. The Kier molecular flexibility index (Phi) is 5.94. The molecule has 0 aromatic rings. The van der Waals surface area contributed by atoms with E-state index in [0.717, 1.165) is 18.8 Å². The fraction of sp³-hybridized carbons (Fsp3) is 1.00. The highest BCUT2D eigenvalue weighted by molar-refractivity contribution is 4.82. The minimum Gasteiger partial charge on any atom is -0.390 e. The molecule has 2 atom stereocenters. The Balaban J connectivity index is 2.33. The van der Waals surface area contributed by atoms with Crippen molar-refractivity contribution in [2.75, 3.05) is 7.11 Å². The van der Waals surface area contributed by atoms with Gasteiger partial charge in [-0.05, 0) is 24.2 Å². The monoisotopic (exact) mass is 242 g/mol. The van der Waals surface area contributed by atoms with Crippen LogP contribution >= 0.6 is 0 Å². The number of hydrogen-bond donors (Lipinski definition) is 1. The van der Waals surface area contributed by atoms with Crippen molar-refractivity contribution in [3.05, 3.63) is 0 Å². The zero-order chi connectivity index (χ0) is 12.9. The van der Waals surface area contributed by atoms with Crippen LogP contribution in [0.25, 0.3) is 0 Å². The van der Waals surface area contributed by atoms with Crippen molar-refractivity contribution < 1.29 is 9.84 Å². The van der Waals surface area contributed by atoms with E-state index in [1.807, 2.05) is 0 Å². The van der Waals surface area contributed by atoms with E-state index in [2.05, 4.69) is 20.8 Å². The molecule has 1 aliphatic carbocycles. The van der Waals surface area contributed by atoms with Crippen LogP contribution in [0.1, 0.15) is 65.7 Å². The second kappa shape index (κ2) is 6.75. The Morgan fingerprint density at radius 1 is 1.18 bits per heavy atom. The van der Waals surface area contributed by atoms with Crippen LogP contribution < -0.4 is 0 Å². The molecule has 102 valence electrons. The van der Waals surface area contributed by atoms with Gasteiger partial charge in [-0.2, -0.15) is 0 Å². The summed E-state index contributed by atoms with van der Waals surface area (Å²) in [6.45, 7) is 6.39. The van der Waals surface area contributed by atoms with Crippen LogP contribution in [0.5, 0.6) is 0 Å². The highest BCUT2D eigenvalue weighted by Crippen LogP contribution is 2.31. The third-order valence-corrected chi connectivity index (χ3v) is 4.05. The first-order valence-corrected chi connectivity index (χ1v) is 7.16. The molecule has 1 rings (SSSR count). The number of aliphatic hydroxyl groups excluding tert-OH is 1. The van der Waals surface area contributed by atoms with Crippen LogP contribution in [-0.4, -0.2) is 24.4 Å². The molecule has 0 spiro atoms. The van der Waals surface area contributed by atoms with Gasteiger partial charge in [0, 0.05) is 7.11 Å². The largest absolute Gasteiger partial charge is 0.390 e. The predicted molar refractivity (Wildman–Crippen MR) is 72.1 cm³/mol. The number of rotatable bonds is 5. The summed E-state index contributed by atoms with van der Waals surface area (Å²) >= 11 is 0. The molecule has 1 aliphatic rings. The van der Waals surface area contributed by atoms with Crippen molar-refractivity contribution in [1.82, 2.24) is 0 Å². The Hall–Kier alpha value is -0.0800. The number of aliphatic hydroxyl groups is 1. The van der Waals surface area contributed by atoms with E-state index in [-0.39, 0.29) is 17.6 Å². The molecule has 0 heterocycles. The summed E-state index contributed by atoms with van der Waals surface area (Å²) in [5, 5.41) is 10.3. The maximum Gasteiger partial charge on any atom is 0.0878 e. The van der Waals surface area contributed by atoms with Crippen molar-refractivity contribution in [2.45, 2.75) is 77.9 Å². The lowest BCUT2D eigenvalue weighted by Gasteiger charge is -2.34. The Labute approximate surface area is 107 Å². The SMILES string of the molecule is COC(C(O)CCC1CCCCC1)C(C)(C)C. The third-order valence-electron chi connectivity index (χ3n) is 4.05. The van der Waals surface area contributed by atoms with Crippen LogP contribution in [0.2, 0.25) is 0 Å². The molecule has 0 aliphatic heterocycles. The zero-order valence-corrected chi connectivity index (χ0v) is 12.0. The lowest BCUT2D eigenvalue weighted by molar-refractivity contribution is -0.0751. The molecule has 1 saturated carbocycles. The number of ether oxygens (including phenoxy) is 1. The van der Waals surface area contributed by atoms with Gasteiger partial charge in [-0.25, -0.2) is 0 Å². The van der Waals surface area contributed by atoms with Crippen molar-refractivity contribution in [2.24, 2.45) is 11.3 Å². The van der Waals surface area contributed by atoms with E-state index < -0.39 is 0 Å². The van der Waals surface area contributed by atoms with Gasteiger partial charge in [0.05, 0.1) is 12.2 Å². The van der Waals surface area contributed by atoms with Crippen LogP contribution in [0.3, 0.4) is 0 Å². The van der Waals surface area contributed by atoms with Gasteiger partial charge in [0.25, 0.3) is 0 Å². The molecule has 2 nitrogen and oxygen atoms in total. The lowest BCUT2D eigenvalue weighted by atomic mass is 9.81. The number of methoxy groups -OCH3 is 1. The van der Waals surface area contributed by atoms with Gasteiger partial charge in [0.15, 0.2) is 0 Å². The fourth-order valence-electron chi connectivity index (χ4n) is 3.12. The molecule has 17 heavy (non-hydrogen) atoms. The zero-order valence-electron chi connectivity index (χ0n) is 12.0. The highest BCUT2D eigenvalue weighted by Gasteiger charge is 2.31. The first-order valence-electron chi connectivity index (χ1n) is 7.16. The maximum absolute atomic E-state index is 10.3. The first kappa shape index (κ1) is 15.0. The average Bonchev–Trinajstić information content (AvgIpc) is 2.27. The minimum absolute atomic E-state index is 0.0146. The minimum atomic E-state index is -0.318. The van der Waals surface area contributed by atoms with Gasteiger partial charge >= 0.3 is 0 Å². The molecule has 0 aromatic heterocycles. The molecule has 2 unspecified atom stereocenters. The molecular formula is C15H30O2. The fourth-order valence-corrected chi connectivity index (χ4v) is 3.12. The van der Waals surface area contributed by atoms with Gasteiger partial charge < -0.3 is 9.84 Å². The molecule has 0 bridgehead atoms. The van der Waals surface area contributed by atoms with Crippen molar-refractivity contribution in [3.8, 4) is 0 Å². The molecule has 2 heteroatoms. The number of hydrogen-bond acceptors (Lipinski definition) is 2. The normalized spacial score (nSPS) is 22.4. The van der Waals surface area contributed by atoms with Gasteiger partial charge in [-0.15, -0.1) is 0 Å². The van der Waals surface area contributed by atoms with Gasteiger partial charge in [-0.1, -0.05) is 52.9 Å². The van der Waals surface area contributed by atoms with E-state index in [9.17, 15) is 5.11 Å². The second-order valence-corrected chi connectivity index (χ2v) is 6.67. The van der Waals surface area contributed by atoms with Crippen molar-refractivity contribution in [1.29, 1.82) is 0 Å². The van der Waals surface area contributed by atoms with Gasteiger partial charge in [0.1, 0.15) is 0 Å². The van der Waals surface area contributed by atoms with Crippen molar-refractivity contribution >= 4 is 0 Å². The molecule has 0 saturated heterocycles. The van der Waals surface area contributed by atoms with Gasteiger partial charge in [0.2, 0.25) is 0 Å². The van der Waals surface area contributed by atoms with Crippen LogP contribution in [0.15, 0.2) is 0 Å². The second-order valence-electron chi connectivity index (χ2n) is 6.67. The third kappa shape index (κ3) is 4.97. The van der Waals surface area contributed by atoms with E-state index in [1.54, 1.807) is 7.11 Å². The van der Waals surface area contributed by atoms with Crippen LogP contribution in [0.4, 0.5) is 0 Å². The molecule has 0 amide bonds. The topological polar surface area (TPSA) is 29.5 Å². The van der Waals surface area contributed by atoms with Gasteiger partial charge in [-0.3, -0.25) is 0 Å². The quantitative estimate of drug-likeness (QED) is 0.795. The average molecular weight is 242 g/mol. The lowest BCUT2D eigenvalue weighted by Crippen LogP contribution is -2.39. The Morgan fingerprint density at radius 3 is 2.24 bits per heavy atom. The van der Waals surface area contributed by atoms with E-state index in [0.29, 0.717) is 0 Å². The summed E-state index contributed by atoms with van der Waals surface area (Å²) in [5.74, 6) is 0.843. The van der Waals surface area contributed by atoms with E-state index >= 15 is 0 Å². The summed E-state index contributed by atoms with van der Waals surface area (Å²) in [5.41, 5.74) is 0.0146.